The van der Waals surface area contributed by atoms with Gasteiger partial charge in [-0.15, -0.1) is 0 Å². The van der Waals surface area contributed by atoms with Crippen molar-refractivity contribution in [3.05, 3.63) is 66.0 Å². The second-order valence-corrected chi connectivity index (χ2v) is 8.70. The Morgan fingerprint density at radius 3 is 2.51 bits per heavy atom. The number of benzene rings is 2. The number of hydrogen-bond donors (Lipinski definition) is 1. The Bertz CT molecular complexity index is 1160. The summed E-state index contributed by atoms with van der Waals surface area (Å²) in [4.78, 5) is 24.1. The second-order valence-electron chi connectivity index (χ2n) is 8.70. The fraction of sp³-hybridized carbons (Fsp3) is 0.370. The molecule has 1 aliphatic heterocycles. The van der Waals surface area contributed by atoms with E-state index >= 15 is 0 Å². The molecule has 184 valence electrons. The van der Waals surface area contributed by atoms with E-state index in [1.807, 2.05) is 56.3 Å². The van der Waals surface area contributed by atoms with Crippen LogP contribution in [0.2, 0.25) is 0 Å². The molecule has 0 saturated carbocycles. The van der Waals surface area contributed by atoms with Crippen LogP contribution < -0.4 is 24.4 Å². The number of aryl methyl sites for hydroxylation is 1. The van der Waals surface area contributed by atoms with Gasteiger partial charge in [0.25, 0.3) is 5.88 Å². The van der Waals surface area contributed by atoms with E-state index in [0.29, 0.717) is 37.6 Å². The third-order valence-corrected chi connectivity index (χ3v) is 6.28. The number of anilines is 1. The van der Waals surface area contributed by atoms with Crippen LogP contribution in [-0.4, -0.2) is 43.2 Å². The van der Waals surface area contributed by atoms with Crippen molar-refractivity contribution in [2.75, 3.05) is 32.2 Å². The molecule has 35 heavy (non-hydrogen) atoms. The van der Waals surface area contributed by atoms with Crippen LogP contribution in [0.4, 0.5) is 5.82 Å². The molecule has 8 heteroatoms. The predicted octanol–water partition coefficient (Wildman–Crippen LogP) is 4.69. The van der Waals surface area contributed by atoms with Crippen LogP contribution in [0.1, 0.15) is 36.9 Å². The molecule has 1 aliphatic rings. The smallest absolute Gasteiger partial charge is 0.263 e. The van der Waals surface area contributed by atoms with E-state index in [2.05, 4.69) is 20.2 Å². The lowest BCUT2D eigenvalue weighted by molar-refractivity contribution is -0.126. The fourth-order valence-electron chi connectivity index (χ4n) is 4.34. The van der Waals surface area contributed by atoms with E-state index in [4.69, 9.17) is 14.2 Å². The number of aromatic nitrogens is 2. The van der Waals surface area contributed by atoms with E-state index in [1.54, 1.807) is 26.6 Å². The summed E-state index contributed by atoms with van der Waals surface area (Å²) in [6, 6.07) is 13.2. The quantitative estimate of drug-likeness (QED) is 0.505. The number of rotatable bonds is 8. The third kappa shape index (κ3) is 5.82. The molecule has 1 saturated heterocycles. The molecular weight excluding hydrogens is 444 g/mol. The van der Waals surface area contributed by atoms with Gasteiger partial charge in [-0.2, -0.15) is 0 Å². The number of piperidine rings is 1. The van der Waals surface area contributed by atoms with Crippen molar-refractivity contribution in [2.45, 2.75) is 32.7 Å². The molecule has 2 heterocycles. The molecule has 4 rings (SSSR count). The number of hydrogen-bond acceptors (Lipinski definition) is 7. The molecule has 1 aromatic heterocycles. The average Bonchev–Trinajstić information content (AvgIpc) is 2.88. The van der Waals surface area contributed by atoms with Gasteiger partial charge in [0.2, 0.25) is 5.91 Å². The first kappa shape index (κ1) is 24.3. The Labute approximate surface area is 206 Å². The largest absolute Gasteiger partial charge is 0.497 e. The van der Waals surface area contributed by atoms with Gasteiger partial charge in [0.1, 0.15) is 17.2 Å². The molecule has 1 fully saturated rings. The lowest BCUT2D eigenvalue weighted by Gasteiger charge is -2.33. The molecular formula is C27H32N4O4. The van der Waals surface area contributed by atoms with Gasteiger partial charge in [0, 0.05) is 37.0 Å². The number of carbonyl (C=O) groups is 1. The van der Waals surface area contributed by atoms with E-state index in [1.165, 1.54) is 0 Å². The second kappa shape index (κ2) is 11.1. The van der Waals surface area contributed by atoms with Crippen LogP contribution >= 0.6 is 0 Å². The maximum Gasteiger partial charge on any atom is 0.263 e. The summed E-state index contributed by atoms with van der Waals surface area (Å²) >= 11 is 0. The summed E-state index contributed by atoms with van der Waals surface area (Å²) in [6.07, 6.45) is 4.73. The van der Waals surface area contributed by atoms with Crippen LogP contribution in [0.15, 0.2) is 54.9 Å². The van der Waals surface area contributed by atoms with Crippen molar-refractivity contribution in [3.63, 3.8) is 0 Å². The minimum Gasteiger partial charge on any atom is -0.497 e. The van der Waals surface area contributed by atoms with Crippen molar-refractivity contribution >= 4 is 11.7 Å². The number of methoxy groups -OCH3 is 2. The minimum atomic E-state index is -0.208. The van der Waals surface area contributed by atoms with Crippen molar-refractivity contribution in [1.29, 1.82) is 0 Å². The molecule has 0 unspecified atom stereocenters. The Hall–Kier alpha value is -3.81. The Morgan fingerprint density at radius 2 is 1.80 bits per heavy atom. The molecule has 8 nitrogen and oxygen atoms in total. The number of amides is 1. The summed E-state index contributed by atoms with van der Waals surface area (Å²) in [5.41, 5.74) is 2.00. The highest BCUT2D eigenvalue weighted by molar-refractivity contribution is 5.79. The number of nitrogens with one attached hydrogen (secondary N) is 1. The first-order valence-corrected chi connectivity index (χ1v) is 11.8. The average molecular weight is 477 g/mol. The number of nitrogens with zero attached hydrogens (tertiary/aromatic N) is 3. The van der Waals surface area contributed by atoms with Gasteiger partial charge in [-0.25, -0.2) is 9.97 Å². The summed E-state index contributed by atoms with van der Waals surface area (Å²) in [7, 11) is 3.25. The molecule has 1 amide bonds. The summed E-state index contributed by atoms with van der Waals surface area (Å²) in [6.45, 7) is 5.36. The van der Waals surface area contributed by atoms with Crippen LogP contribution in [0, 0.1) is 12.8 Å². The van der Waals surface area contributed by atoms with Crippen molar-refractivity contribution in [2.24, 2.45) is 5.92 Å². The minimum absolute atomic E-state index is 0.0393. The van der Waals surface area contributed by atoms with Crippen LogP contribution in [-0.2, 0) is 4.79 Å². The van der Waals surface area contributed by atoms with Gasteiger partial charge >= 0.3 is 0 Å². The number of carbonyl (C=O) groups excluding carboxylic acids is 1. The molecule has 1 atom stereocenters. The summed E-state index contributed by atoms with van der Waals surface area (Å²) < 4.78 is 16.9. The standard InChI is InChI=1S/C27H32N4O4/c1-18-6-5-7-22(16-18)35-27-25(28-12-13-29-27)31-14-10-20(11-15-31)26(32)30-19(2)23-17-21(33-3)8-9-24(23)34-4/h5-9,12-13,16-17,19-20H,10-11,14-15H2,1-4H3,(H,30,32)/t19-/m0/s1. The Morgan fingerprint density at radius 1 is 1.03 bits per heavy atom. The van der Waals surface area contributed by atoms with Gasteiger partial charge in [0.05, 0.1) is 20.3 Å². The molecule has 0 spiro atoms. The van der Waals surface area contributed by atoms with E-state index in [9.17, 15) is 4.79 Å². The highest BCUT2D eigenvalue weighted by atomic mass is 16.5. The normalized spacial score (nSPS) is 14.8. The van der Waals surface area contributed by atoms with E-state index < -0.39 is 0 Å². The van der Waals surface area contributed by atoms with Gasteiger partial charge in [-0.3, -0.25) is 4.79 Å². The first-order chi connectivity index (χ1) is 17.0. The van der Waals surface area contributed by atoms with Gasteiger partial charge in [0.15, 0.2) is 5.82 Å². The highest BCUT2D eigenvalue weighted by Gasteiger charge is 2.29. The molecule has 1 N–H and O–H groups in total. The van der Waals surface area contributed by atoms with Crippen LogP contribution in [0.3, 0.4) is 0 Å². The maximum atomic E-state index is 13.1. The molecule has 0 aliphatic carbocycles. The maximum absolute atomic E-state index is 13.1. The monoisotopic (exact) mass is 476 g/mol. The zero-order chi connectivity index (χ0) is 24.8. The zero-order valence-electron chi connectivity index (χ0n) is 20.7. The zero-order valence-corrected chi connectivity index (χ0v) is 20.7. The number of ether oxygens (including phenoxy) is 3. The SMILES string of the molecule is COc1ccc(OC)c([C@H](C)NC(=O)C2CCN(c3nccnc3Oc3cccc(C)c3)CC2)c1. The first-order valence-electron chi connectivity index (χ1n) is 11.8. The van der Waals surface area contributed by atoms with E-state index in [-0.39, 0.29) is 17.9 Å². The van der Waals surface area contributed by atoms with E-state index in [0.717, 1.165) is 28.4 Å². The summed E-state index contributed by atoms with van der Waals surface area (Å²) in [5, 5.41) is 3.15. The lowest BCUT2D eigenvalue weighted by Crippen LogP contribution is -2.41. The molecule has 2 aromatic carbocycles. The summed E-state index contributed by atoms with van der Waals surface area (Å²) in [5.74, 6) is 3.30. The van der Waals surface area contributed by atoms with Crippen LogP contribution in [0.5, 0.6) is 23.1 Å². The molecule has 0 radical (unpaired) electrons. The van der Waals surface area contributed by atoms with Crippen molar-refractivity contribution in [3.8, 4) is 23.1 Å². The molecule has 0 bridgehead atoms. The lowest BCUT2D eigenvalue weighted by atomic mass is 9.95. The topological polar surface area (TPSA) is 85.8 Å². The predicted molar refractivity (Wildman–Crippen MR) is 134 cm³/mol. The van der Waals surface area contributed by atoms with Crippen molar-refractivity contribution < 1.29 is 19.0 Å². The van der Waals surface area contributed by atoms with Gasteiger partial charge < -0.3 is 24.4 Å². The van der Waals surface area contributed by atoms with Crippen LogP contribution in [0.25, 0.3) is 0 Å². The Balaban J connectivity index is 1.38. The highest BCUT2D eigenvalue weighted by Crippen LogP contribution is 2.32. The van der Waals surface area contributed by atoms with Gasteiger partial charge in [-0.05, 0) is 62.6 Å². The molecule has 3 aromatic rings. The fourth-order valence-corrected chi connectivity index (χ4v) is 4.34. The third-order valence-electron chi connectivity index (χ3n) is 6.28. The Kier molecular flexibility index (Phi) is 7.70. The van der Waals surface area contributed by atoms with Gasteiger partial charge in [-0.1, -0.05) is 12.1 Å². The van der Waals surface area contributed by atoms with Crippen molar-refractivity contribution in [1.82, 2.24) is 15.3 Å².